The first-order chi connectivity index (χ1) is 14.9. The number of sulfonamides is 1. The Balaban J connectivity index is 1.28. The standard InChI is InChI=1S/C24H31N3O3S/c1-19(21-12-11-20-7-5-6-8-22(20)17-21)25-24(28)18-26-13-15-27(16-14-26)31(29,30)23-9-3-2-4-10-23/h2-4,9-12,17,19H,5-8,13-16,18H2,1H3,(H,25,28)/t19-/m1/s1. The molecule has 1 aliphatic carbocycles. The van der Waals surface area contributed by atoms with Gasteiger partial charge < -0.3 is 5.32 Å². The first-order valence-electron chi connectivity index (χ1n) is 11.1. The number of aryl methyl sites for hydroxylation is 2. The van der Waals surface area contributed by atoms with Gasteiger partial charge in [0.05, 0.1) is 17.5 Å². The van der Waals surface area contributed by atoms with E-state index in [1.807, 2.05) is 11.8 Å². The Hall–Kier alpha value is -2.22. The number of fused-ring (bicyclic) bond motifs is 1. The first kappa shape index (κ1) is 22.0. The van der Waals surface area contributed by atoms with Crippen LogP contribution in [-0.4, -0.2) is 56.3 Å². The van der Waals surface area contributed by atoms with Gasteiger partial charge in [-0.05, 0) is 61.4 Å². The predicted octanol–water partition coefficient (Wildman–Crippen LogP) is 2.75. The molecular weight excluding hydrogens is 410 g/mol. The van der Waals surface area contributed by atoms with Crippen molar-refractivity contribution in [1.29, 1.82) is 0 Å². The molecule has 1 amide bonds. The minimum atomic E-state index is -3.47. The van der Waals surface area contributed by atoms with E-state index in [1.54, 1.807) is 30.3 Å². The van der Waals surface area contributed by atoms with Crippen LogP contribution in [0.25, 0.3) is 0 Å². The lowest BCUT2D eigenvalue weighted by Crippen LogP contribution is -2.51. The van der Waals surface area contributed by atoms with E-state index >= 15 is 0 Å². The monoisotopic (exact) mass is 441 g/mol. The number of nitrogens with one attached hydrogen (secondary N) is 1. The van der Waals surface area contributed by atoms with Crippen molar-refractivity contribution in [2.45, 2.75) is 43.5 Å². The van der Waals surface area contributed by atoms with Crippen LogP contribution in [-0.2, 0) is 27.7 Å². The number of piperazine rings is 1. The summed E-state index contributed by atoms with van der Waals surface area (Å²) in [4.78, 5) is 14.9. The molecule has 1 aliphatic heterocycles. The summed E-state index contributed by atoms with van der Waals surface area (Å²) in [6.45, 7) is 4.19. The van der Waals surface area contributed by atoms with E-state index in [0.29, 0.717) is 31.1 Å². The van der Waals surface area contributed by atoms with E-state index in [-0.39, 0.29) is 18.5 Å². The molecule has 166 valence electrons. The van der Waals surface area contributed by atoms with Gasteiger partial charge in [0.15, 0.2) is 0 Å². The second-order valence-electron chi connectivity index (χ2n) is 8.52. The van der Waals surface area contributed by atoms with Gasteiger partial charge in [-0.1, -0.05) is 36.4 Å². The van der Waals surface area contributed by atoms with Crippen LogP contribution in [0, 0.1) is 0 Å². The smallest absolute Gasteiger partial charge is 0.243 e. The Kier molecular flexibility index (Phi) is 6.74. The molecule has 0 aromatic heterocycles. The molecule has 1 N–H and O–H groups in total. The van der Waals surface area contributed by atoms with E-state index in [2.05, 4.69) is 23.5 Å². The molecular formula is C24H31N3O3S. The van der Waals surface area contributed by atoms with E-state index in [4.69, 9.17) is 0 Å². The lowest BCUT2D eigenvalue weighted by atomic mass is 9.89. The van der Waals surface area contributed by atoms with Crippen molar-refractivity contribution in [3.63, 3.8) is 0 Å². The van der Waals surface area contributed by atoms with Crippen LogP contribution in [0.5, 0.6) is 0 Å². The highest BCUT2D eigenvalue weighted by molar-refractivity contribution is 7.89. The zero-order valence-corrected chi connectivity index (χ0v) is 18.9. The summed E-state index contributed by atoms with van der Waals surface area (Å²) in [7, 11) is -3.47. The molecule has 1 heterocycles. The highest BCUT2D eigenvalue weighted by Crippen LogP contribution is 2.25. The minimum Gasteiger partial charge on any atom is -0.348 e. The maximum atomic E-state index is 12.7. The number of amides is 1. The minimum absolute atomic E-state index is 0.0235. The molecule has 4 rings (SSSR count). The summed E-state index contributed by atoms with van der Waals surface area (Å²) in [5.74, 6) is -0.0235. The summed E-state index contributed by atoms with van der Waals surface area (Å²) < 4.78 is 27.0. The fraction of sp³-hybridized carbons (Fsp3) is 0.458. The molecule has 0 saturated carbocycles. The molecule has 0 spiro atoms. The Labute approximate surface area is 185 Å². The van der Waals surface area contributed by atoms with Gasteiger partial charge in [0.25, 0.3) is 0 Å². The molecule has 7 heteroatoms. The fourth-order valence-corrected chi connectivity index (χ4v) is 5.91. The fourth-order valence-electron chi connectivity index (χ4n) is 4.47. The van der Waals surface area contributed by atoms with Crippen molar-refractivity contribution in [2.75, 3.05) is 32.7 Å². The van der Waals surface area contributed by atoms with Gasteiger partial charge in [-0.25, -0.2) is 8.42 Å². The van der Waals surface area contributed by atoms with Crippen LogP contribution in [0.1, 0.15) is 42.5 Å². The molecule has 1 fully saturated rings. The highest BCUT2D eigenvalue weighted by Gasteiger charge is 2.29. The molecule has 6 nitrogen and oxygen atoms in total. The normalized spacial score (nSPS) is 18.9. The van der Waals surface area contributed by atoms with E-state index in [1.165, 1.54) is 28.3 Å². The third-order valence-corrected chi connectivity index (χ3v) is 8.24. The summed E-state index contributed by atoms with van der Waals surface area (Å²) >= 11 is 0. The Morgan fingerprint density at radius 1 is 0.968 bits per heavy atom. The molecule has 2 aromatic rings. The number of hydrogen-bond acceptors (Lipinski definition) is 4. The second kappa shape index (κ2) is 9.51. The second-order valence-corrected chi connectivity index (χ2v) is 10.5. The van der Waals surface area contributed by atoms with Crippen molar-refractivity contribution in [3.05, 3.63) is 65.2 Å². The van der Waals surface area contributed by atoms with Crippen molar-refractivity contribution < 1.29 is 13.2 Å². The predicted molar refractivity (Wildman–Crippen MR) is 121 cm³/mol. The van der Waals surface area contributed by atoms with Gasteiger partial charge in [-0.2, -0.15) is 4.31 Å². The molecule has 1 atom stereocenters. The third-order valence-electron chi connectivity index (χ3n) is 6.33. The SMILES string of the molecule is C[C@@H](NC(=O)CN1CCN(S(=O)(=O)c2ccccc2)CC1)c1ccc2c(c1)CCCC2. The average Bonchev–Trinajstić information content (AvgIpc) is 2.79. The number of carbonyl (C=O) groups is 1. The van der Waals surface area contributed by atoms with Crippen LogP contribution in [0.4, 0.5) is 0 Å². The van der Waals surface area contributed by atoms with E-state index < -0.39 is 10.0 Å². The van der Waals surface area contributed by atoms with Gasteiger partial charge in [0.1, 0.15) is 0 Å². The topological polar surface area (TPSA) is 69.7 Å². The highest BCUT2D eigenvalue weighted by atomic mass is 32.2. The molecule has 1 saturated heterocycles. The summed E-state index contributed by atoms with van der Waals surface area (Å²) in [5.41, 5.74) is 4.00. The molecule has 0 bridgehead atoms. The van der Waals surface area contributed by atoms with Crippen molar-refractivity contribution in [1.82, 2.24) is 14.5 Å². The van der Waals surface area contributed by atoms with Crippen molar-refractivity contribution >= 4 is 15.9 Å². The Bertz CT molecular complexity index is 1020. The molecule has 0 radical (unpaired) electrons. The molecule has 0 unspecified atom stereocenters. The van der Waals surface area contributed by atoms with Crippen molar-refractivity contribution in [2.24, 2.45) is 0 Å². The zero-order valence-electron chi connectivity index (χ0n) is 18.1. The van der Waals surface area contributed by atoms with E-state index in [9.17, 15) is 13.2 Å². The average molecular weight is 442 g/mol. The van der Waals surface area contributed by atoms with Gasteiger partial charge in [0.2, 0.25) is 15.9 Å². The third kappa shape index (κ3) is 5.17. The number of hydrogen-bond donors (Lipinski definition) is 1. The molecule has 2 aromatic carbocycles. The summed E-state index contributed by atoms with van der Waals surface area (Å²) in [5, 5.41) is 3.11. The Morgan fingerprint density at radius 3 is 2.35 bits per heavy atom. The van der Waals surface area contributed by atoms with Crippen LogP contribution < -0.4 is 5.32 Å². The van der Waals surface area contributed by atoms with Gasteiger partial charge in [-0.3, -0.25) is 9.69 Å². The number of rotatable bonds is 6. The van der Waals surface area contributed by atoms with Crippen LogP contribution in [0.15, 0.2) is 53.4 Å². The largest absolute Gasteiger partial charge is 0.348 e. The number of nitrogens with zero attached hydrogens (tertiary/aromatic N) is 2. The van der Waals surface area contributed by atoms with Gasteiger partial charge in [0, 0.05) is 26.2 Å². The first-order valence-corrected chi connectivity index (χ1v) is 12.6. The number of benzene rings is 2. The van der Waals surface area contributed by atoms with Crippen molar-refractivity contribution in [3.8, 4) is 0 Å². The van der Waals surface area contributed by atoms with Crippen LogP contribution in [0.2, 0.25) is 0 Å². The maximum absolute atomic E-state index is 12.7. The van der Waals surface area contributed by atoms with Gasteiger partial charge in [-0.15, -0.1) is 0 Å². The Morgan fingerprint density at radius 2 is 1.65 bits per heavy atom. The van der Waals surface area contributed by atoms with E-state index in [0.717, 1.165) is 18.4 Å². The van der Waals surface area contributed by atoms with Crippen LogP contribution >= 0.6 is 0 Å². The van der Waals surface area contributed by atoms with Gasteiger partial charge >= 0.3 is 0 Å². The quantitative estimate of drug-likeness (QED) is 0.748. The maximum Gasteiger partial charge on any atom is 0.243 e. The zero-order chi connectivity index (χ0) is 21.8. The lowest BCUT2D eigenvalue weighted by Gasteiger charge is -2.33. The summed E-state index contributed by atoms with van der Waals surface area (Å²) in [6, 6.07) is 15.1. The summed E-state index contributed by atoms with van der Waals surface area (Å²) in [6.07, 6.45) is 4.78. The molecule has 2 aliphatic rings. The number of carbonyl (C=O) groups excluding carboxylic acids is 1. The molecule has 31 heavy (non-hydrogen) atoms. The van der Waals surface area contributed by atoms with Crippen LogP contribution in [0.3, 0.4) is 0 Å². The lowest BCUT2D eigenvalue weighted by molar-refractivity contribution is -0.123.